The number of hydrogen-bond acceptors (Lipinski definition) is 7. The highest BCUT2D eigenvalue weighted by atomic mass is 16.6. The van der Waals surface area contributed by atoms with Gasteiger partial charge in [0, 0.05) is 20.2 Å². The van der Waals surface area contributed by atoms with Crippen molar-refractivity contribution < 1.29 is 24.1 Å². The number of ether oxygens (including phenoxy) is 3. The van der Waals surface area contributed by atoms with Gasteiger partial charge in [0.25, 0.3) is 0 Å². The molecule has 25 heavy (non-hydrogen) atoms. The number of nitrogens with one attached hydrogen (secondary N) is 1. The standard InChI is InChI=1S/C16H25N3O6/c1-5-11-13(21)14(24-9(2)8-23-4)15(25-11)19-7-6-12(17-10(3)20)18-16(19)22/h6-7,9,11,13-15,21H,5,8H2,1-4H3,(H,17,18,20,22)/t9?,11-,13?,14+,15-/m1/s1. The number of aromatic nitrogens is 2. The van der Waals surface area contributed by atoms with Gasteiger partial charge in [-0.3, -0.25) is 9.36 Å². The Morgan fingerprint density at radius 3 is 2.84 bits per heavy atom. The monoisotopic (exact) mass is 355 g/mol. The minimum absolute atomic E-state index is 0.157. The molecule has 0 aliphatic carbocycles. The molecule has 140 valence electrons. The van der Waals surface area contributed by atoms with E-state index in [1.807, 2.05) is 13.8 Å². The van der Waals surface area contributed by atoms with Crippen molar-refractivity contribution in [3.05, 3.63) is 22.7 Å². The van der Waals surface area contributed by atoms with Crippen molar-refractivity contribution in [2.24, 2.45) is 0 Å². The Balaban J connectivity index is 2.27. The molecule has 1 aromatic rings. The maximum absolute atomic E-state index is 12.3. The van der Waals surface area contributed by atoms with Crippen molar-refractivity contribution in [3.63, 3.8) is 0 Å². The largest absolute Gasteiger partial charge is 0.388 e. The quantitative estimate of drug-likeness (QED) is 0.723. The van der Waals surface area contributed by atoms with E-state index < -0.39 is 30.2 Å². The van der Waals surface area contributed by atoms with Crippen LogP contribution in [0, 0.1) is 0 Å². The number of rotatable bonds is 7. The SMILES string of the molecule is CC[C@H]1O[C@@H](n2ccc(NC(C)=O)nc2=O)[C@@H](OC(C)COC)C1O. The molecule has 9 nitrogen and oxygen atoms in total. The fraction of sp³-hybridized carbons (Fsp3) is 0.688. The van der Waals surface area contributed by atoms with E-state index in [0.717, 1.165) is 0 Å². The van der Waals surface area contributed by atoms with Crippen LogP contribution in [-0.4, -0.2) is 58.7 Å². The van der Waals surface area contributed by atoms with Gasteiger partial charge in [0.05, 0.1) is 18.8 Å². The second kappa shape index (κ2) is 8.52. The molecule has 2 unspecified atom stereocenters. The second-order valence-electron chi connectivity index (χ2n) is 6.01. The molecule has 0 radical (unpaired) electrons. The van der Waals surface area contributed by atoms with Gasteiger partial charge in [0.15, 0.2) is 6.23 Å². The summed E-state index contributed by atoms with van der Waals surface area (Å²) in [6.07, 6.45) is -1.13. The predicted molar refractivity (Wildman–Crippen MR) is 89.2 cm³/mol. The fourth-order valence-corrected chi connectivity index (χ4v) is 2.83. The Hall–Kier alpha value is -1.81. The molecule has 0 bridgehead atoms. The first kappa shape index (κ1) is 19.5. The summed E-state index contributed by atoms with van der Waals surface area (Å²) in [5.74, 6) is -0.164. The molecule has 2 N–H and O–H groups in total. The van der Waals surface area contributed by atoms with Gasteiger partial charge in [-0.05, 0) is 19.4 Å². The molecular weight excluding hydrogens is 330 g/mol. The Bertz CT molecular complexity index is 649. The zero-order chi connectivity index (χ0) is 18.6. The number of hydrogen-bond donors (Lipinski definition) is 2. The van der Waals surface area contributed by atoms with Crippen molar-refractivity contribution in [1.29, 1.82) is 0 Å². The number of aliphatic hydroxyl groups is 1. The second-order valence-corrected chi connectivity index (χ2v) is 6.01. The predicted octanol–water partition coefficient (Wildman–Crippen LogP) is 0.290. The van der Waals surface area contributed by atoms with Gasteiger partial charge in [0.1, 0.15) is 18.0 Å². The summed E-state index contributed by atoms with van der Waals surface area (Å²) in [6, 6.07) is 1.49. The molecule has 2 rings (SSSR count). The van der Waals surface area contributed by atoms with Crippen LogP contribution in [0.25, 0.3) is 0 Å². The van der Waals surface area contributed by atoms with Gasteiger partial charge in [-0.25, -0.2) is 4.79 Å². The van der Waals surface area contributed by atoms with E-state index in [4.69, 9.17) is 14.2 Å². The van der Waals surface area contributed by atoms with Crippen LogP contribution in [0.1, 0.15) is 33.4 Å². The van der Waals surface area contributed by atoms with E-state index in [9.17, 15) is 14.7 Å². The van der Waals surface area contributed by atoms with E-state index in [2.05, 4.69) is 10.3 Å². The Kier molecular flexibility index (Phi) is 6.65. The number of methoxy groups -OCH3 is 1. The lowest BCUT2D eigenvalue weighted by Gasteiger charge is -2.25. The topological polar surface area (TPSA) is 112 Å². The van der Waals surface area contributed by atoms with E-state index in [0.29, 0.717) is 13.0 Å². The number of nitrogens with zero attached hydrogens (tertiary/aromatic N) is 2. The van der Waals surface area contributed by atoms with Crippen LogP contribution < -0.4 is 11.0 Å². The van der Waals surface area contributed by atoms with E-state index in [1.165, 1.54) is 23.8 Å². The van der Waals surface area contributed by atoms with Crippen molar-refractivity contribution in [1.82, 2.24) is 9.55 Å². The Morgan fingerprint density at radius 1 is 1.56 bits per heavy atom. The molecule has 0 saturated carbocycles. The smallest absolute Gasteiger partial charge is 0.351 e. The van der Waals surface area contributed by atoms with Crippen molar-refractivity contribution in [2.45, 2.75) is 57.8 Å². The van der Waals surface area contributed by atoms with Crippen LogP contribution in [-0.2, 0) is 19.0 Å². The summed E-state index contributed by atoms with van der Waals surface area (Å²) in [5.41, 5.74) is -0.604. The van der Waals surface area contributed by atoms with Crippen LogP contribution in [0.4, 0.5) is 5.82 Å². The normalized spacial score (nSPS) is 27.2. The molecule has 0 spiro atoms. The van der Waals surface area contributed by atoms with Gasteiger partial charge in [-0.2, -0.15) is 4.98 Å². The van der Waals surface area contributed by atoms with Gasteiger partial charge in [-0.15, -0.1) is 0 Å². The highest BCUT2D eigenvalue weighted by molar-refractivity contribution is 5.87. The van der Waals surface area contributed by atoms with Gasteiger partial charge in [-0.1, -0.05) is 6.92 Å². The van der Waals surface area contributed by atoms with Crippen LogP contribution in [0.15, 0.2) is 17.1 Å². The number of amides is 1. The van der Waals surface area contributed by atoms with Gasteiger partial charge in [0.2, 0.25) is 5.91 Å². The molecule has 1 saturated heterocycles. The molecule has 5 atom stereocenters. The summed E-state index contributed by atoms with van der Waals surface area (Å²) in [7, 11) is 1.56. The number of carbonyl (C=O) groups is 1. The third kappa shape index (κ3) is 4.63. The lowest BCUT2D eigenvalue weighted by molar-refractivity contribution is -0.114. The summed E-state index contributed by atoms with van der Waals surface area (Å²) in [4.78, 5) is 27.2. The lowest BCUT2D eigenvalue weighted by atomic mass is 10.1. The zero-order valence-corrected chi connectivity index (χ0v) is 14.8. The summed E-state index contributed by atoms with van der Waals surface area (Å²) in [6.45, 7) is 5.37. The van der Waals surface area contributed by atoms with Crippen molar-refractivity contribution in [2.75, 3.05) is 19.0 Å². The Labute approximate surface area is 145 Å². The maximum atomic E-state index is 12.3. The van der Waals surface area contributed by atoms with Crippen LogP contribution in [0.2, 0.25) is 0 Å². The highest BCUT2D eigenvalue weighted by Gasteiger charge is 2.45. The van der Waals surface area contributed by atoms with Crippen molar-refractivity contribution in [3.8, 4) is 0 Å². The average Bonchev–Trinajstić information content (AvgIpc) is 2.83. The number of carbonyl (C=O) groups excluding carboxylic acids is 1. The zero-order valence-electron chi connectivity index (χ0n) is 14.8. The minimum Gasteiger partial charge on any atom is -0.388 e. The minimum atomic E-state index is -0.878. The third-order valence-electron chi connectivity index (χ3n) is 3.91. The van der Waals surface area contributed by atoms with E-state index in [1.54, 1.807) is 7.11 Å². The first-order chi connectivity index (χ1) is 11.9. The van der Waals surface area contributed by atoms with Gasteiger partial charge < -0.3 is 24.6 Å². The number of anilines is 1. The molecule has 1 aliphatic heterocycles. The first-order valence-electron chi connectivity index (χ1n) is 8.22. The summed E-state index contributed by atoms with van der Waals surface area (Å²) in [5, 5.41) is 12.9. The van der Waals surface area contributed by atoms with Crippen LogP contribution in [0.3, 0.4) is 0 Å². The molecule has 1 amide bonds. The maximum Gasteiger partial charge on any atom is 0.351 e. The van der Waals surface area contributed by atoms with Crippen LogP contribution in [0.5, 0.6) is 0 Å². The van der Waals surface area contributed by atoms with Gasteiger partial charge >= 0.3 is 5.69 Å². The van der Waals surface area contributed by atoms with E-state index in [-0.39, 0.29) is 17.8 Å². The molecule has 9 heteroatoms. The molecule has 0 aromatic carbocycles. The Morgan fingerprint density at radius 2 is 2.28 bits per heavy atom. The van der Waals surface area contributed by atoms with Crippen molar-refractivity contribution >= 4 is 11.7 Å². The first-order valence-corrected chi connectivity index (χ1v) is 8.22. The number of aliphatic hydroxyl groups excluding tert-OH is 1. The lowest BCUT2D eigenvalue weighted by Crippen LogP contribution is -2.40. The van der Waals surface area contributed by atoms with E-state index >= 15 is 0 Å². The molecule has 2 heterocycles. The molecular formula is C16H25N3O6. The average molecular weight is 355 g/mol. The fourth-order valence-electron chi connectivity index (χ4n) is 2.83. The summed E-state index contributed by atoms with van der Waals surface area (Å²) < 4.78 is 18.0. The summed E-state index contributed by atoms with van der Waals surface area (Å²) >= 11 is 0. The highest BCUT2D eigenvalue weighted by Crippen LogP contribution is 2.33. The molecule has 1 aromatic heterocycles. The molecule has 1 aliphatic rings. The third-order valence-corrected chi connectivity index (χ3v) is 3.91. The van der Waals surface area contributed by atoms with Crippen LogP contribution >= 0.6 is 0 Å². The molecule has 1 fully saturated rings.